The molecule has 2 aromatic carbocycles. The van der Waals surface area contributed by atoms with Crippen molar-refractivity contribution >= 4 is 5.91 Å². The Balaban J connectivity index is 1.89. The zero-order chi connectivity index (χ0) is 19.3. The lowest BCUT2D eigenvalue weighted by molar-refractivity contribution is -0.125. The van der Waals surface area contributed by atoms with Gasteiger partial charge in [-0.25, -0.2) is 0 Å². The van der Waals surface area contributed by atoms with Crippen molar-refractivity contribution in [2.24, 2.45) is 17.6 Å². The first kappa shape index (κ1) is 21.2. The van der Waals surface area contributed by atoms with E-state index >= 15 is 0 Å². The minimum absolute atomic E-state index is 0.0483. The number of hydrogen-bond donors (Lipinski definition) is 2. The van der Waals surface area contributed by atoms with Crippen molar-refractivity contribution in [3.8, 4) is 0 Å². The van der Waals surface area contributed by atoms with Gasteiger partial charge in [-0.1, -0.05) is 67.6 Å². The zero-order valence-electron chi connectivity index (χ0n) is 16.6. The van der Waals surface area contributed by atoms with Gasteiger partial charge in [-0.2, -0.15) is 0 Å². The van der Waals surface area contributed by atoms with Gasteiger partial charge < -0.3 is 11.1 Å². The highest BCUT2D eigenvalue weighted by Gasteiger charge is 2.19. The fourth-order valence-corrected chi connectivity index (χ4v) is 3.37. The number of nitrogens with one attached hydrogen (secondary N) is 1. The van der Waals surface area contributed by atoms with Gasteiger partial charge in [0.25, 0.3) is 0 Å². The lowest BCUT2D eigenvalue weighted by Gasteiger charge is -2.19. The second kappa shape index (κ2) is 12.3. The van der Waals surface area contributed by atoms with Crippen molar-refractivity contribution in [3.63, 3.8) is 0 Å². The van der Waals surface area contributed by atoms with E-state index in [1.165, 1.54) is 11.1 Å². The first-order valence-corrected chi connectivity index (χ1v) is 10.2. The second-order valence-electron chi connectivity index (χ2n) is 7.53. The lowest BCUT2D eigenvalue weighted by atomic mass is 9.92. The quantitative estimate of drug-likeness (QED) is 0.586. The van der Waals surface area contributed by atoms with Gasteiger partial charge in [0.15, 0.2) is 0 Å². The zero-order valence-corrected chi connectivity index (χ0v) is 16.6. The van der Waals surface area contributed by atoms with Gasteiger partial charge >= 0.3 is 0 Å². The van der Waals surface area contributed by atoms with Crippen LogP contribution >= 0.6 is 0 Å². The molecule has 0 unspecified atom stereocenters. The summed E-state index contributed by atoms with van der Waals surface area (Å²) in [6, 6.07) is 20.9. The van der Waals surface area contributed by atoms with Crippen molar-refractivity contribution in [2.45, 2.75) is 45.4 Å². The van der Waals surface area contributed by atoms with E-state index in [1.807, 2.05) is 12.1 Å². The minimum Gasteiger partial charge on any atom is -0.356 e. The molecule has 2 rings (SSSR count). The van der Waals surface area contributed by atoms with Gasteiger partial charge in [-0.15, -0.1) is 0 Å². The first-order chi connectivity index (χ1) is 13.2. The fraction of sp³-hybridized carbons (Fsp3) is 0.458. The summed E-state index contributed by atoms with van der Waals surface area (Å²) in [4.78, 5) is 12.8. The van der Waals surface area contributed by atoms with Crippen molar-refractivity contribution in [3.05, 3.63) is 71.8 Å². The Hall–Kier alpha value is -2.13. The van der Waals surface area contributed by atoms with Crippen molar-refractivity contribution in [2.75, 3.05) is 13.1 Å². The van der Waals surface area contributed by atoms with E-state index in [9.17, 15) is 4.79 Å². The molecule has 0 radical (unpaired) electrons. The third kappa shape index (κ3) is 8.40. The molecule has 0 saturated heterocycles. The molecule has 0 spiro atoms. The average Bonchev–Trinajstić information content (AvgIpc) is 2.72. The summed E-state index contributed by atoms with van der Waals surface area (Å²) < 4.78 is 0. The maximum absolute atomic E-state index is 12.8. The Bertz CT molecular complexity index is 598. The second-order valence-corrected chi connectivity index (χ2v) is 7.53. The Morgan fingerprint density at radius 1 is 0.889 bits per heavy atom. The standard InChI is InChI=1S/C24H34N2O/c1-20(9-8-18-25)19-26-24(27)23(16-14-21-10-4-2-5-11-21)17-15-22-12-6-3-7-13-22/h2-7,10-13,20,23H,8-9,14-19,25H2,1H3,(H,26,27)/t20-/m1/s1. The molecule has 0 heterocycles. The molecular weight excluding hydrogens is 332 g/mol. The van der Waals surface area contributed by atoms with Crippen LogP contribution < -0.4 is 11.1 Å². The number of rotatable bonds is 12. The Morgan fingerprint density at radius 2 is 1.41 bits per heavy atom. The molecule has 1 atom stereocenters. The van der Waals surface area contributed by atoms with Gasteiger partial charge in [0.2, 0.25) is 5.91 Å². The normalized spacial score (nSPS) is 12.1. The van der Waals surface area contributed by atoms with Gasteiger partial charge in [0, 0.05) is 12.5 Å². The topological polar surface area (TPSA) is 55.1 Å². The molecule has 1 amide bonds. The summed E-state index contributed by atoms with van der Waals surface area (Å²) in [7, 11) is 0. The highest BCUT2D eigenvalue weighted by molar-refractivity contribution is 5.78. The third-order valence-corrected chi connectivity index (χ3v) is 5.15. The summed E-state index contributed by atoms with van der Waals surface area (Å²) in [6.07, 6.45) is 5.74. The molecule has 0 aliphatic rings. The predicted molar refractivity (Wildman–Crippen MR) is 113 cm³/mol. The molecule has 3 heteroatoms. The maximum Gasteiger partial charge on any atom is 0.223 e. The average molecular weight is 367 g/mol. The van der Waals surface area contributed by atoms with E-state index in [4.69, 9.17) is 5.73 Å². The third-order valence-electron chi connectivity index (χ3n) is 5.15. The largest absolute Gasteiger partial charge is 0.356 e. The molecule has 3 N–H and O–H groups in total. The molecule has 27 heavy (non-hydrogen) atoms. The number of hydrogen-bond acceptors (Lipinski definition) is 2. The highest BCUT2D eigenvalue weighted by atomic mass is 16.1. The highest BCUT2D eigenvalue weighted by Crippen LogP contribution is 2.17. The van der Waals surface area contributed by atoms with Crippen LogP contribution in [0.5, 0.6) is 0 Å². The van der Waals surface area contributed by atoms with Crippen LogP contribution in [0.4, 0.5) is 0 Å². The SMILES string of the molecule is C[C@H](CCCN)CNC(=O)C(CCc1ccccc1)CCc1ccccc1. The maximum atomic E-state index is 12.8. The minimum atomic E-state index is 0.0483. The molecule has 0 saturated carbocycles. The summed E-state index contributed by atoms with van der Waals surface area (Å²) in [5.41, 5.74) is 8.18. The molecule has 0 fully saturated rings. The summed E-state index contributed by atoms with van der Waals surface area (Å²) in [5, 5.41) is 3.18. The monoisotopic (exact) mass is 366 g/mol. The van der Waals surface area contributed by atoms with E-state index < -0.39 is 0 Å². The van der Waals surface area contributed by atoms with Crippen LogP contribution in [0.2, 0.25) is 0 Å². The number of benzene rings is 2. The van der Waals surface area contributed by atoms with Gasteiger partial charge in [0.05, 0.1) is 0 Å². The van der Waals surface area contributed by atoms with Crippen LogP contribution in [0.3, 0.4) is 0 Å². The number of carbonyl (C=O) groups excluding carboxylic acids is 1. The Morgan fingerprint density at radius 3 is 1.89 bits per heavy atom. The predicted octanol–water partition coefficient (Wildman–Crippen LogP) is 4.36. The van der Waals surface area contributed by atoms with E-state index in [0.717, 1.165) is 51.6 Å². The smallest absolute Gasteiger partial charge is 0.223 e. The molecule has 0 aliphatic heterocycles. The van der Waals surface area contributed by atoms with Crippen LogP contribution in [0.25, 0.3) is 0 Å². The van der Waals surface area contributed by atoms with Crippen LogP contribution in [0, 0.1) is 11.8 Å². The van der Waals surface area contributed by atoms with Crippen LogP contribution in [0.1, 0.15) is 43.7 Å². The van der Waals surface area contributed by atoms with Crippen LogP contribution in [-0.2, 0) is 17.6 Å². The van der Waals surface area contributed by atoms with Crippen LogP contribution in [-0.4, -0.2) is 19.0 Å². The number of aryl methyl sites for hydroxylation is 2. The molecular formula is C24H34N2O. The molecule has 0 bridgehead atoms. The molecule has 3 nitrogen and oxygen atoms in total. The van der Waals surface area contributed by atoms with E-state index in [1.54, 1.807) is 0 Å². The summed E-state index contributed by atoms with van der Waals surface area (Å²) >= 11 is 0. The fourth-order valence-electron chi connectivity index (χ4n) is 3.37. The summed E-state index contributed by atoms with van der Waals surface area (Å²) in [5.74, 6) is 0.718. The molecule has 146 valence electrons. The van der Waals surface area contributed by atoms with E-state index in [0.29, 0.717) is 5.92 Å². The summed E-state index contributed by atoms with van der Waals surface area (Å²) in [6.45, 7) is 3.64. The van der Waals surface area contributed by atoms with E-state index in [2.05, 4.69) is 60.8 Å². The van der Waals surface area contributed by atoms with Gasteiger partial charge in [-0.05, 0) is 62.1 Å². The van der Waals surface area contributed by atoms with E-state index in [-0.39, 0.29) is 11.8 Å². The molecule has 2 aromatic rings. The lowest BCUT2D eigenvalue weighted by Crippen LogP contribution is -2.34. The van der Waals surface area contributed by atoms with Crippen molar-refractivity contribution in [1.82, 2.24) is 5.32 Å². The Labute approximate surface area is 164 Å². The van der Waals surface area contributed by atoms with Gasteiger partial charge in [-0.3, -0.25) is 4.79 Å². The number of carbonyl (C=O) groups is 1. The van der Waals surface area contributed by atoms with Crippen molar-refractivity contribution in [1.29, 1.82) is 0 Å². The van der Waals surface area contributed by atoms with Crippen LogP contribution in [0.15, 0.2) is 60.7 Å². The van der Waals surface area contributed by atoms with Gasteiger partial charge in [0.1, 0.15) is 0 Å². The molecule has 0 aromatic heterocycles. The number of nitrogens with two attached hydrogens (primary N) is 1. The Kier molecular flexibility index (Phi) is 9.64. The first-order valence-electron chi connectivity index (χ1n) is 10.2. The molecule has 0 aliphatic carbocycles. The van der Waals surface area contributed by atoms with Crippen molar-refractivity contribution < 1.29 is 4.79 Å². The number of amides is 1.